The van der Waals surface area contributed by atoms with Gasteiger partial charge >= 0.3 is 0 Å². The van der Waals surface area contributed by atoms with Crippen LogP contribution >= 0.6 is 0 Å². The molecule has 0 aromatic heterocycles. The molecule has 2 rings (SSSR count). The third-order valence-corrected chi connectivity index (χ3v) is 3.18. The Morgan fingerprint density at radius 2 is 2.11 bits per heavy atom. The molecule has 1 aromatic rings. The molecule has 0 spiro atoms. The molecule has 1 heterocycles. The number of carbonyl (C=O) groups is 2. The minimum atomic E-state index is -0.0957. The number of hydrogen-bond acceptors (Lipinski definition) is 2. The van der Waals surface area contributed by atoms with E-state index in [4.69, 9.17) is 0 Å². The number of likely N-dealkylation sites (tertiary alicyclic amines) is 1. The first-order chi connectivity index (χ1) is 8.66. The molecule has 1 aliphatic heterocycles. The first-order valence-electron chi connectivity index (χ1n) is 6.29. The maximum atomic E-state index is 11.8. The van der Waals surface area contributed by atoms with Crippen LogP contribution in [0.15, 0.2) is 30.3 Å². The van der Waals surface area contributed by atoms with Gasteiger partial charge in [-0.2, -0.15) is 0 Å². The Morgan fingerprint density at radius 3 is 2.72 bits per heavy atom. The van der Waals surface area contributed by atoms with Gasteiger partial charge in [-0.15, -0.1) is 0 Å². The van der Waals surface area contributed by atoms with Crippen molar-refractivity contribution in [1.82, 2.24) is 10.2 Å². The Kier molecular flexibility index (Phi) is 3.97. The zero-order valence-corrected chi connectivity index (χ0v) is 10.6. The van der Waals surface area contributed by atoms with Crippen LogP contribution in [-0.4, -0.2) is 29.8 Å². The van der Waals surface area contributed by atoms with E-state index in [-0.39, 0.29) is 24.4 Å². The zero-order chi connectivity index (χ0) is 13.0. The van der Waals surface area contributed by atoms with Gasteiger partial charge in [0.2, 0.25) is 11.8 Å². The highest BCUT2D eigenvalue weighted by atomic mass is 16.2. The predicted octanol–water partition coefficient (Wildman–Crippen LogP) is 1.49. The second-order valence-corrected chi connectivity index (χ2v) is 4.62. The average molecular weight is 246 g/mol. The molecule has 96 valence electrons. The number of nitrogens with one attached hydrogen (secondary N) is 1. The largest absolute Gasteiger partial charge is 0.348 e. The van der Waals surface area contributed by atoms with Crippen molar-refractivity contribution in [3.8, 4) is 0 Å². The molecule has 0 unspecified atom stereocenters. The smallest absolute Gasteiger partial charge is 0.240 e. The molecule has 1 N–H and O–H groups in total. The summed E-state index contributed by atoms with van der Waals surface area (Å²) in [5.41, 5.74) is 1.07. The SMILES string of the molecule is C[C@@H](NC(=O)CN1CCCC1=O)c1ccccc1. The molecular weight excluding hydrogens is 228 g/mol. The molecule has 1 fully saturated rings. The first-order valence-corrected chi connectivity index (χ1v) is 6.29. The van der Waals surface area contributed by atoms with E-state index >= 15 is 0 Å². The number of amides is 2. The highest BCUT2D eigenvalue weighted by Gasteiger charge is 2.22. The van der Waals surface area contributed by atoms with E-state index in [0.29, 0.717) is 13.0 Å². The van der Waals surface area contributed by atoms with Gasteiger partial charge in [-0.25, -0.2) is 0 Å². The van der Waals surface area contributed by atoms with E-state index in [1.165, 1.54) is 0 Å². The Hall–Kier alpha value is -1.84. The van der Waals surface area contributed by atoms with Crippen molar-refractivity contribution in [2.75, 3.05) is 13.1 Å². The van der Waals surface area contributed by atoms with Crippen molar-refractivity contribution >= 4 is 11.8 Å². The van der Waals surface area contributed by atoms with Crippen LogP contribution in [0, 0.1) is 0 Å². The van der Waals surface area contributed by atoms with Gasteiger partial charge in [0.1, 0.15) is 0 Å². The molecule has 1 aliphatic rings. The zero-order valence-electron chi connectivity index (χ0n) is 10.6. The number of nitrogens with zero attached hydrogens (tertiary/aromatic N) is 1. The van der Waals surface area contributed by atoms with E-state index in [9.17, 15) is 9.59 Å². The van der Waals surface area contributed by atoms with Crippen molar-refractivity contribution in [2.24, 2.45) is 0 Å². The lowest BCUT2D eigenvalue weighted by atomic mass is 10.1. The fourth-order valence-corrected chi connectivity index (χ4v) is 2.16. The summed E-state index contributed by atoms with van der Waals surface area (Å²) >= 11 is 0. The summed E-state index contributed by atoms with van der Waals surface area (Å²) in [4.78, 5) is 24.9. The van der Waals surface area contributed by atoms with Gasteiger partial charge in [0.25, 0.3) is 0 Å². The van der Waals surface area contributed by atoms with Crippen LogP contribution in [0.3, 0.4) is 0 Å². The molecular formula is C14H18N2O2. The Bertz CT molecular complexity index is 431. The van der Waals surface area contributed by atoms with Gasteiger partial charge in [0.05, 0.1) is 12.6 Å². The van der Waals surface area contributed by atoms with Gasteiger partial charge in [0.15, 0.2) is 0 Å². The maximum Gasteiger partial charge on any atom is 0.240 e. The lowest BCUT2D eigenvalue weighted by Crippen LogP contribution is -2.38. The standard InChI is InChI=1S/C14H18N2O2/c1-11(12-6-3-2-4-7-12)15-13(17)10-16-9-5-8-14(16)18/h2-4,6-7,11H,5,8-10H2,1H3,(H,15,17)/t11-/m1/s1. The van der Waals surface area contributed by atoms with Gasteiger partial charge in [-0.05, 0) is 18.9 Å². The molecule has 0 saturated carbocycles. The van der Waals surface area contributed by atoms with E-state index < -0.39 is 0 Å². The van der Waals surface area contributed by atoms with Gasteiger partial charge in [-0.3, -0.25) is 9.59 Å². The third kappa shape index (κ3) is 3.09. The molecule has 18 heavy (non-hydrogen) atoms. The van der Waals surface area contributed by atoms with E-state index in [0.717, 1.165) is 12.0 Å². The molecule has 2 amide bonds. The molecule has 1 saturated heterocycles. The van der Waals surface area contributed by atoms with E-state index in [1.54, 1.807) is 4.90 Å². The summed E-state index contributed by atoms with van der Waals surface area (Å²) in [7, 11) is 0. The van der Waals surface area contributed by atoms with Crippen molar-refractivity contribution in [1.29, 1.82) is 0 Å². The molecule has 0 aliphatic carbocycles. The van der Waals surface area contributed by atoms with Gasteiger partial charge in [-0.1, -0.05) is 30.3 Å². The van der Waals surface area contributed by atoms with Crippen LogP contribution in [0.5, 0.6) is 0 Å². The van der Waals surface area contributed by atoms with Crippen LogP contribution in [0.4, 0.5) is 0 Å². The molecule has 0 bridgehead atoms. The number of rotatable bonds is 4. The van der Waals surface area contributed by atoms with E-state index in [1.807, 2.05) is 37.3 Å². The van der Waals surface area contributed by atoms with Crippen molar-refractivity contribution in [2.45, 2.75) is 25.8 Å². The third-order valence-electron chi connectivity index (χ3n) is 3.18. The van der Waals surface area contributed by atoms with Crippen LogP contribution in [0.2, 0.25) is 0 Å². The summed E-state index contributed by atoms with van der Waals surface area (Å²) in [6.45, 7) is 2.82. The Labute approximate surface area is 107 Å². The monoisotopic (exact) mass is 246 g/mol. The van der Waals surface area contributed by atoms with Crippen LogP contribution < -0.4 is 5.32 Å². The summed E-state index contributed by atoms with van der Waals surface area (Å²) < 4.78 is 0. The maximum absolute atomic E-state index is 11.8. The lowest BCUT2D eigenvalue weighted by Gasteiger charge is -2.18. The summed E-state index contributed by atoms with van der Waals surface area (Å²) in [5.74, 6) is -0.0147. The normalized spacial score (nSPS) is 16.7. The fourth-order valence-electron chi connectivity index (χ4n) is 2.16. The van der Waals surface area contributed by atoms with Crippen LogP contribution in [0.25, 0.3) is 0 Å². The Balaban J connectivity index is 1.86. The molecule has 4 nitrogen and oxygen atoms in total. The molecule has 1 aromatic carbocycles. The quantitative estimate of drug-likeness (QED) is 0.875. The highest BCUT2D eigenvalue weighted by Crippen LogP contribution is 2.12. The van der Waals surface area contributed by atoms with Crippen LogP contribution in [-0.2, 0) is 9.59 Å². The minimum Gasteiger partial charge on any atom is -0.348 e. The number of benzene rings is 1. The predicted molar refractivity (Wildman–Crippen MR) is 68.8 cm³/mol. The Morgan fingerprint density at radius 1 is 1.39 bits per heavy atom. The fraction of sp³-hybridized carbons (Fsp3) is 0.429. The molecule has 0 radical (unpaired) electrons. The van der Waals surface area contributed by atoms with Crippen molar-refractivity contribution < 1.29 is 9.59 Å². The number of carbonyl (C=O) groups excluding carboxylic acids is 2. The summed E-state index contributed by atoms with van der Waals surface area (Å²) in [5, 5.41) is 2.91. The highest BCUT2D eigenvalue weighted by molar-refractivity contribution is 5.86. The average Bonchev–Trinajstić information content (AvgIpc) is 2.76. The number of hydrogen-bond donors (Lipinski definition) is 1. The second-order valence-electron chi connectivity index (χ2n) is 4.62. The van der Waals surface area contributed by atoms with Crippen LogP contribution in [0.1, 0.15) is 31.4 Å². The first kappa shape index (κ1) is 12.6. The summed E-state index contributed by atoms with van der Waals surface area (Å²) in [6, 6.07) is 9.76. The van der Waals surface area contributed by atoms with Crippen molar-refractivity contribution in [3.63, 3.8) is 0 Å². The van der Waals surface area contributed by atoms with Gasteiger partial charge in [0, 0.05) is 13.0 Å². The topological polar surface area (TPSA) is 49.4 Å². The molecule has 1 atom stereocenters. The lowest BCUT2D eigenvalue weighted by molar-refractivity contribution is -0.133. The summed E-state index contributed by atoms with van der Waals surface area (Å²) in [6.07, 6.45) is 1.43. The second kappa shape index (κ2) is 5.67. The minimum absolute atomic E-state index is 0.0311. The molecule has 4 heteroatoms. The van der Waals surface area contributed by atoms with E-state index in [2.05, 4.69) is 5.32 Å². The van der Waals surface area contributed by atoms with Crippen molar-refractivity contribution in [3.05, 3.63) is 35.9 Å². The van der Waals surface area contributed by atoms with Gasteiger partial charge < -0.3 is 10.2 Å².